The molecule has 0 fully saturated rings. The van der Waals surface area contributed by atoms with Crippen molar-refractivity contribution in [2.75, 3.05) is 0 Å². The number of benzene rings is 1. The highest BCUT2D eigenvalue weighted by Gasteiger charge is 2.20. The first-order chi connectivity index (χ1) is 7.16. The molecule has 1 heterocycles. The quantitative estimate of drug-likeness (QED) is 0.562. The Kier molecular flexibility index (Phi) is 2.41. The van der Waals surface area contributed by atoms with Gasteiger partial charge in [0.15, 0.2) is 5.75 Å². The SMILES string of the molecule is O=c1oc2ccccc2cc1OB(F)F. The summed E-state index contributed by atoms with van der Waals surface area (Å²) in [5, 5.41) is 0.535. The Morgan fingerprint density at radius 3 is 2.73 bits per heavy atom. The summed E-state index contributed by atoms with van der Waals surface area (Å²) in [6.07, 6.45) is 0. The van der Waals surface area contributed by atoms with Crippen molar-refractivity contribution in [1.82, 2.24) is 0 Å². The van der Waals surface area contributed by atoms with Gasteiger partial charge in [0.1, 0.15) is 5.58 Å². The van der Waals surface area contributed by atoms with Gasteiger partial charge in [0, 0.05) is 5.39 Å². The zero-order valence-electron chi connectivity index (χ0n) is 7.44. The van der Waals surface area contributed by atoms with E-state index in [0.29, 0.717) is 11.0 Å². The van der Waals surface area contributed by atoms with E-state index in [-0.39, 0.29) is 0 Å². The second kappa shape index (κ2) is 3.72. The highest BCUT2D eigenvalue weighted by molar-refractivity contribution is 6.35. The number of halogens is 2. The van der Waals surface area contributed by atoms with Crippen LogP contribution in [0.1, 0.15) is 0 Å². The molecule has 15 heavy (non-hydrogen) atoms. The molecule has 0 aliphatic rings. The third-order valence-electron chi connectivity index (χ3n) is 1.83. The lowest BCUT2D eigenvalue weighted by Gasteiger charge is -2.01. The molecule has 6 heteroatoms. The fourth-order valence-corrected chi connectivity index (χ4v) is 1.22. The van der Waals surface area contributed by atoms with Gasteiger partial charge in [-0.25, -0.2) is 13.4 Å². The second-order valence-corrected chi connectivity index (χ2v) is 2.81. The van der Waals surface area contributed by atoms with Crippen LogP contribution in [0.25, 0.3) is 11.0 Å². The molecule has 0 bridgehead atoms. The van der Waals surface area contributed by atoms with E-state index in [1.165, 1.54) is 6.07 Å². The van der Waals surface area contributed by atoms with E-state index < -0.39 is 18.8 Å². The zero-order chi connectivity index (χ0) is 10.8. The zero-order valence-corrected chi connectivity index (χ0v) is 7.44. The summed E-state index contributed by atoms with van der Waals surface area (Å²) >= 11 is 0. The maximum absolute atomic E-state index is 11.9. The minimum absolute atomic E-state index is 0.337. The van der Waals surface area contributed by atoms with E-state index in [9.17, 15) is 13.4 Å². The van der Waals surface area contributed by atoms with E-state index in [0.717, 1.165) is 0 Å². The van der Waals surface area contributed by atoms with Gasteiger partial charge in [-0.15, -0.1) is 0 Å². The van der Waals surface area contributed by atoms with E-state index in [2.05, 4.69) is 4.65 Å². The Hall–Kier alpha value is -1.85. The molecular weight excluding hydrogens is 205 g/mol. The molecule has 0 atom stereocenters. The summed E-state index contributed by atoms with van der Waals surface area (Å²) in [6, 6.07) is 7.82. The maximum atomic E-state index is 11.9. The van der Waals surface area contributed by atoms with Crippen LogP contribution in [0.4, 0.5) is 8.63 Å². The molecule has 2 rings (SSSR count). The number of para-hydroxylation sites is 1. The molecule has 0 saturated carbocycles. The van der Waals surface area contributed by atoms with Gasteiger partial charge < -0.3 is 9.07 Å². The lowest BCUT2D eigenvalue weighted by molar-refractivity contribution is 0.403. The van der Waals surface area contributed by atoms with Gasteiger partial charge in [0.25, 0.3) is 0 Å². The van der Waals surface area contributed by atoms with Crippen LogP contribution in [0.5, 0.6) is 5.75 Å². The summed E-state index contributed by atoms with van der Waals surface area (Å²) in [5.74, 6) is -0.483. The Bertz CT molecular complexity index is 538. The molecule has 0 radical (unpaired) electrons. The summed E-state index contributed by atoms with van der Waals surface area (Å²) in [4.78, 5) is 11.1. The average Bonchev–Trinajstić information content (AvgIpc) is 2.18. The van der Waals surface area contributed by atoms with Crippen molar-refractivity contribution in [3.8, 4) is 5.75 Å². The summed E-state index contributed by atoms with van der Waals surface area (Å²) in [5.41, 5.74) is -0.571. The van der Waals surface area contributed by atoms with Crippen molar-refractivity contribution in [3.63, 3.8) is 0 Å². The molecule has 0 N–H and O–H groups in total. The highest BCUT2D eigenvalue weighted by Crippen LogP contribution is 2.16. The topological polar surface area (TPSA) is 39.4 Å². The van der Waals surface area contributed by atoms with Gasteiger partial charge >= 0.3 is 13.1 Å². The van der Waals surface area contributed by atoms with Crippen LogP contribution < -0.4 is 10.3 Å². The minimum atomic E-state index is -3.03. The first kappa shape index (κ1) is 9.70. The first-order valence-electron chi connectivity index (χ1n) is 4.14. The molecule has 2 aromatic rings. The molecule has 1 aromatic carbocycles. The van der Waals surface area contributed by atoms with Gasteiger partial charge in [0.2, 0.25) is 0 Å². The second-order valence-electron chi connectivity index (χ2n) is 2.81. The fraction of sp³-hybridized carbons (Fsp3) is 0. The Balaban J connectivity index is 2.57. The van der Waals surface area contributed by atoms with Crippen LogP contribution in [-0.2, 0) is 0 Å². The normalized spacial score (nSPS) is 10.3. The molecular formula is C9H5BF2O3. The van der Waals surface area contributed by atoms with Crippen LogP contribution in [-0.4, -0.2) is 7.47 Å². The average molecular weight is 210 g/mol. The largest absolute Gasteiger partial charge is 0.796 e. The third-order valence-corrected chi connectivity index (χ3v) is 1.83. The van der Waals surface area contributed by atoms with Crippen LogP contribution in [0.15, 0.2) is 39.5 Å². The number of hydrogen-bond acceptors (Lipinski definition) is 3. The van der Waals surface area contributed by atoms with E-state index in [1.54, 1.807) is 24.3 Å². The summed E-state index contributed by atoms with van der Waals surface area (Å²) in [6.45, 7) is 0. The Labute approximate surface area is 83.5 Å². The third kappa shape index (κ3) is 1.98. The van der Waals surface area contributed by atoms with Crippen molar-refractivity contribution in [2.45, 2.75) is 0 Å². The van der Waals surface area contributed by atoms with Gasteiger partial charge in [-0.2, -0.15) is 0 Å². The number of fused-ring (bicyclic) bond motifs is 1. The lowest BCUT2D eigenvalue weighted by atomic mass is 10.2. The molecule has 0 unspecified atom stereocenters. The predicted octanol–water partition coefficient (Wildman–Crippen LogP) is 2.10. The van der Waals surface area contributed by atoms with Crippen molar-refractivity contribution in [1.29, 1.82) is 0 Å². The summed E-state index contributed by atoms with van der Waals surface area (Å²) in [7, 11) is -3.03. The van der Waals surface area contributed by atoms with Crippen molar-refractivity contribution in [2.24, 2.45) is 0 Å². The summed E-state index contributed by atoms with van der Waals surface area (Å²) < 4.78 is 32.6. The smallest absolute Gasteiger partial charge is 0.500 e. The van der Waals surface area contributed by atoms with Crippen LogP contribution in [0.2, 0.25) is 0 Å². The lowest BCUT2D eigenvalue weighted by Crippen LogP contribution is -2.14. The standard InChI is InChI=1S/C9H5BF2O3/c11-10(12)15-8-5-6-3-1-2-4-7(6)14-9(8)13/h1-5H. The van der Waals surface area contributed by atoms with E-state index in [1.807, 2.05) is 0 Å². The van der Waals surface area contributed by atoms with Crippen molar-refractivity contribution >= 4 is 18.4 Å². The van der Waals surface area contributed by atoms with Crippen molar-refractivity contribution < 1.29 is 17.7 Å². The predicted molar refractivity (Wildman–Crippen MR) is 51.1 cm³/mol. The molecule has 0 amide bonds. The van der Waals surface area contributed by atoms with Crippen LogP contribution in [0.3, 0.4) is 0 Å². The molecule has 0 saturated heterocycles. The minimum Gasteiger partial charge on any atom is -0.500 e. The molecule has 3 nitrogen and oxygen atoms in total. The van der Waals surface area contributed by atoms with Gasteiger partial charge in [-0.3, -0.25) is 0 Å². The molecule has 1 aromatic heterocycles. The number of rotatable bonds is 2. The fourth-order valence-electron chi connectivity index (χ4n) is 1.22. The van der Waals surface area contributed by atoms with Gasteiger partial charge in [-0.1, -0.05) is 18.2 Å². The Morgan fingerprint density at radius 1 is 1.27 bits per heavy atom. The first-order valence-corrected chi connectivity index (χ1v) is 4.14. The van der Waals surface area contributed by atoms with E-state index >= 15 is 0 Å². The highest BCUT2D eigenvalue weighted by atomic mass is 19.2. The molecule has 76 valence electrons. The van der Waals surface area contributed by atoms with E-state index in [4.69, 9.17) is 4.42 Å². The molecule has 0 aliphatic carbocycles. The molecule has 0 spiro atoms. The molecule has 0 aliphatic heterocycles. The van der Waals surface area contributed by atoms with Gasteiger partial charge in [0.05, 0.1) is 0 Å². The Morgan fingerprint density at radius 2 is 2.00 bits per heavy atom. The monoisotopic (exact) mass is 210 g/mol. The maximum Gasteiger partial charge on any atom is 0.796 e. The van der Waals surface area contributed by atoms with Crippen molar-refractivity contribution in [3.05, 3.63) is 40.8 Å². The van der Waals surface area contributed by atoms with Gasteiger partial charge in [-0.05, 0) is 12.1 Å². The van der Waals surface area contributed by atoms with Crippen LogP contribution in [0, 0.1) is 0 Å². The number of hydrogen-bond donors (Lipinski definition) is 0. The van der Waals surface area contributed by atoms with Crippen LogP contribution >= 0.6 is 0 Å².